The van der Waals surface area contributed by atoms with E-state index in [1.54, 1.807) is 18.2 Å². The lowest BCUT2D eigenvalue weighted by molar-refractivity contribution is -0.385. The first-order chi connectivity index (χ1) is 9.08. The molecule has 1 aliphatic rings. The highest BCUT2D eigenvalue weighted by molar-refractivity contribution is 7.85. The van der Waals surface area contributed by atoms with Gasteiger partial charge < -0.3 is 5.32 Å². The van der Waals surface area contributed by atoms with Gasteiger partial charge in [-0.25, -0.2) is 4.21 Å². The van der Waals surface area contributed by atoms with Crippen molar-refractivity contribution in [3.63, 3.8) is 0 Å². The molecule has 2 aromatic carbocycles. The largest absolute Gasteiger partial charge is 0.352 e. The van der Waals surface area contributed by atoms with Crippen LogP contribution in [0.15, 0.2) is 46.2 Å². The zero-order valence-electron chi connectivity index (χ0n) is 9.42. The Bertz CT molecular complexity index is 733. The van der Waals surface area contributed by atoms with Gasteiger partial charge in [-0.1, -0.05) is 17.7 Å². The molecule has 1 aliphatic heterocycles. The topological polar surface area (TPSA) is 72.2 Å². The summed E-state index contributed by atoms with van der Waals surface area (Å²) in [7, 11) is -1.48. The number of nitro benzene ring substituents is 1. The van der Waals surface area contributed by atoms with Gasteiger partial charge in [0, 0.05) is 12.1 Å². The van der Waals surface area contributed by atoms with Crippen LogP contribution in [0.3, 0.4) is 0 Å². The van der Waals surface area contributed by atoms with Crippen molar-refractivity contribution in [1.82, 2.24) is 0 Å². The second kappa shape index (κ2) is 4.32. The lowest BCUT2D eigenvalue weighted by Gasteiger charge is -2.21. The molecule has 1 unspecified atom stereocenters. The van der Waals surface area contributed by atoms with Crippen LogP contribution in [-0.4, -0.2) is 9.13 Å². The average molecular weight is 295 g/mol. The Morgan fingerprint density at radius 3 is 2.74 bits per heavy atom. The second-order valence-corrected chi connectivity index (χ2v) is 5.77. The van der Waals surface area contributed by atoms with Gasteiger partial charge in [0.1, 0.15) is 0 Å². The van der Waals surface area contributed by atoms with E-state index in [1.807, 2.05) is 0 Å². The van der Waals surface area contributed by atoms with E-state index in [0.717, 1.165) is 0 Å². The van der Waals surface area contributed by atoms with Gasteiger partial charge in [-0.05, 0) is 18.2 Å². The van der Waals surface area contributed by atoms with Crippen molar-refractivity contribution in [3.8, 4) is 0 Å². The van der Waals surface area contributed by atoms with Gasteiger partial charge in [0.05, 0.1) is 41.9 Å². The first kappa shape index (κ1) is 12.1. The van der Waals surface area contributed by atoms with Crippen molar-refractivity contribution in [3.05, 3.63) is 51.5 Å². The predicted octanol–water partition coefficient (Wildman–Crippen LogP) is 3.47. The number of nitro groups is 1. The Balaban J connectivity index is 2.19. The van der Waals surface area contributed by atoms with Gasteiger partial charge in [-0.3, -0.25) is 10.1 Å². The van der Waals surface area contributed by atoms with Crippen LogP contribution in [0.4, 0.5) is 17.1 Å². The van der Waals surface area contributed by atoms with E-state index in [9.17, 15) is 14.3 Å². The van der Waals surface area contributed by atoms with E-state index in [0.29, 0.717) is 26.2 Å². The molecule has 1 N–H and O–H groups in total. The highest BCUT2D eigenvalue weighted by atomic mass is 35.5. The smallest absolute Gasteiger partial charge is 0.270 e. The number of halogens is 1. The number of hydrogen-bond donors (Lipinski definition) is 1. The van der Waals surface area contributed by atoms with Gasteiger partial charge >= 0.3 is 0 Å². The molecular formula is C12H7ClN2O3S. The molecule has 0 radical (unpaired) electrons. The number of hydrogen-bond acceptors (Lipinski definition) is 4. The van der Waals surface area contributed by atoms with E-state index in [2.05, 4.69) is 5.32 Å². The summed E-state index contributed by atoms with van der Waals surface area (Å²) in [5.41, 5.74) is 1.08. The summed E-state index contributed by atoms with van der Waals surface area (Å²) in [5, 5.41) is 14.3. The number of nitrogens with zero attached hydrogens (tertiary/aromatic N) is 1. The minimum Gasteiger partial charge on any atom is -0.352 e. The van der Waals surface area contributed by atoms with Gasteiger partial charge in [-0.2, -0.15) is 0 Å². The molecule has 0 aliphatic carbocycles. The summed E-state index contributed by atoms with van der Waals surface area (Å²) < 4.78 is 12.4. The van der Waals surface area contributed by atoms with E-state index >= 15 is 0 Å². The van der Waals surface area contributed by atoms with Crippen molar-refractivity contribution < 1.29 is 9.13 Å². The van der Waals surface area contributed by atoms with E-state index in [4.69, 9.17) is 11.6 Å². The molecule has 96 valence electrons. The minimum absolute atomic E-state index is 0.0839. The molecule has 0 saturated heterocycles. The van der Waals surface area contributed by atoms with Gasteiger partial charge in [-0.15, -0.1) is 0 Å². The van der Waals surface area contributed by atoms with Crippen molar-refractivity contribution >= 4 is 39.5 Å². The number of nitrogens with one attached hydrogen (secondary N) is 1. The molecule has 2 aromatic rings. The van der Waals surface area contributed by atoms with E-state index in [-0.39, 0.29) is 5.69 Å². The van der Waals surface area contributed by atoms with Gasteiger partial charge in [0.25, 0.3) is 5.69 Å². The fourth-order valence-electron chi connectivity index (χ4n) is 1.91. The Morgan fingerprint density at radius 2 is 2.00 bits per heavy atom. The molecule has 1 atom stereocenters. The summed E-state index contributed by atoms with van der Waals surface area (Å²) in [5.74, 6) is 0. The first-order valence-electron chi connectivity index (χ1n) is 5.33. The molecule has 0 bridgehead atoms. The van der Waals surface area contributed by atoms with Crippen LogP contribution in [0.25, 0.3) is 0 Å². The molecule has 0 saturated carbocycles. The first-order valence-corrected chi connectivity index (χ1v) is 6.86. The highest BCUT2D eigenvalue weighted by Crippen LogP contribution is 2.41. The average Bonchev–Trinajstić information content (AvgIpc) is 2.40. The van der Waals surface area contributed by atoms with Gasteiger partial charge in [0.2, 0.25) is 0 Å². The molecule has 7 heteroatoms. The zero-order chi connectivity index (χ0) is 13.6. The minimum atomic E-state index is -1.48. The molecular weight excluding hydrogens is 288 g/mol. The molecule has 0 spiro atoms. The van der Waals surface area contributed by atoms with Crippen molar-refractivity contribution in [2.75, 3.05) is 5.32 Å². The van der Waals surface area contributed by atoms with E-state index in [1.165, 1.54) is 18.2 Å². The molecule has 19 heavy (non-hydrogen) atoms. The molecule has 3 rings (SSSR count). The summed E-state index contributed by atoms with van der Waals surface area (Å²) in [4.78, 5) is 11.2. The zero-order valence-corrected chi connectivity index (χ0v) is 11.0. The Kier molecular flexibility index (Phi) is 2.76. The normalized spacial score (nSPS) is 16.2. The Morgan fingerprint density at radius 1 is 1.21 bits per heavy atom. The fraction of sp³-hybridized carbons (Fsp3) is 0. The molecule has 0 fully saturated rings. The SMILES string of the molecule is O=[N+]([O-])c1ccc2c(c1)S(=O)c1cccc(Cl)c1N2. The number of para-hydroxylation sites is 1. The highest BCUT2D eigenvalue weighted by Gasteiger charge is 2.25. The molecule has 1 heterocycles. The second-order valence-electron chi connectivity index (χ2n) is 3.94. The third-order valence-corrected chi connectivity index (χ3v) is 4.60. The van der Waals surface area contributed by atoms with Crippen LogP contribution in [0, 0.1) is 10.1 Å². The summed E-state index contributed by atoms with van der Waals surface area (Å²) in [6.45, 7) is 0. The summed E-state index contributed by atoms with van der Waals surface area (Å²) in [6, 6.07) is 9.31. The summed E-state index contributed by atoms with van der Waals surface area (Å²) in [6.07, 6.45) is 0. The maximum absolute atomic E-state index is 12.4. The molecule has 0 amide bonds. The monoisotopic (exact) mass is 294 g/mol. The Hall–Kier alpha value is -1.92. The third-order valence-electron chi connectivity index (χ3n) is 2.81. The number of fused-ring (bicyclic) bond motifs is 2. The van der Waals surface area contributed by atoms with Gasteiger partial charge in [0.15, 0.2) is 0 Å². The Labute approximate surface area is 115 Å². The maximum atomic E-state index is 12.4. The van der Waals surface area contributed by atoms with Crippen molar-refractivity contribution in [1.29, 1.82) is 0 Å². The van der Waals surface area contributed by atoms with Crippen LogP contribution >= 0.6 is 11.6 Å². The predicted molar refractivity (Wildman–Crippen MR) is 72.5 cm³/mol. The number of benzene rings is 2. The van der Waals surface area contributed by atoms with Crippen LogP contribution in [0.1, 0.15) is 0 Å². The maximum Gasteiger partial charge on any atom is 0.270 e. The number of rotatable bonds is 1. The van der Waals surface area contributed by atoms with Crippen LogP contribution in [0.2, 0.25) is 5.02 Å². The quantitative estimate of drug-likeness (QED) is 0.551. The fourth-order valence-corrected chi connectivity index (χ4v) is 3.52. The van der Waals surface area contributed by atoms with Crippen molar-refractivity contribution in [2.24, 2.45) is 0 Å². The number of anilines is 2. The van der Waals surface area contributed by atoms with E-state index < -0.39 is 15.7 Å². The standard InChI is InChI=1S/C12H7ClN2O3S/c13-8-2-1-3-10-12(8)14-9-5-4-7(15(16)17)6-11(9)19(10)18/h1-6,14H. The number of non-ortho nitro benzene ring substituents is 1. The third kappa shape index (κ3) is 1.89. The molecule has 5 nitrogen and oxygen atoms in total. The lowest BCUT2D eigenvalue weighted by atomic mass is 10.2. The lowest BCUT2D eigenvalue weighted by Crippen LogP contribution is -2.09. The van der Waals surface area contributed by atoms with Crippen molar-refractivity contribution in [2.45, 2.75) is 9.79 Å². The van der Waals surface area contributed by atoms with Crippen LogP contribution in [0.5, 0.6) is 0 Å². The van der Waals surface area contributed by atoms with Crippen LogP contribution < -0.4 is 5.32 Å². The molecule has 0 aromatic heterocycles. The van der Waals surface area contributed by atoms with Crippen LogP contribution in [-0.2, 0) is 10.8 Å². The summed E-state index contributed by atoms with van der Waals surface area (Å²) >= 11 is 6.05.